The fraction of sp³-hybridized carbons (Fsp3) is 0.385. The van der Waals surface area contributed by atoms with Gasteiger partial charge in [0.1, 0.15) is 6.61 Å². The monoisotopic (exact) mass is 328 g/mol. The Hall–Kier alpha value is -1.40. The fourth-order valence-electron chi connectivity index (χ4n) is 1.62. The molecule has 19 heavy (non-hydrogen) atoms. The van der Waals surface area contributed by atoms with E-state index in [0.29, 0.717) is 12.1 Å². The van der Waals surface area contributed by atoms with E-state index in [1.807, 2.05) is 26.0 Å². The first-order valence-corrected chi connectivity index (χ1v) is 6.62. The SMILES string of the molecule is Cc1cc(C)c(Br)c(C(=O)NCCOCC(N)=O)c1. The van der Waals surface area contributed by atoms with Crippen LogP contribution in [0, 0.1) is 13.8 Å². The molecule has 3 N–H and O–H groups in total. The first-order valence-electron chi connectivity index (χ1n) is 5.83. The zero-order valence-electron chi connectivity index (χ0n) is 11.0. The van der Waals surface area contributed by atoms with E-state index in [1.54, 1.807) is 0 Å². The molecule has 1 aromatic carbocycles. The zero-order valence-corrected chi connectivity index (χ0v) is 12.5. The largest absolute Gasteiger partial charge is 0.370 e. The van der Waals surface area contributed by atoms with Crippen molar-refractivity contribution in [1.29, 1.82) is 0 Å². The molecule has 1 aromatic rings. The number of nitrogens with two attached hydrogens (primary N) is 1. The second kappa shape index (κ2) is 7.25. The van der Waals surface area contributed by atoms with E-state index < -0.39 is 5.91 Å². The molecule has 5 nitrogen and oxygen atoms in total. The predicted octanol–water partition coefficient (Wildman–Crippen LogP) is 1.30. The number of rotatable bonds is 6. The summed E-state index contributed by atoms with van der Waals surface area (Å²) in [5.41, 5.74) is 7.54. The molecule has 0 bridgehead atoms. The van der Waals surface area contributed by atoms with E-state index >= 15 is 0 Å². The predicted molar refractivity (Wildman–Crippen MR) is 76.0 cm³/mol. The van der Waals surface area contributed by atoms with Gasteiger partial charge in [-0.15, -0.1) is 0 Å². The van der Waals surface area contributed by atoms with Crippen molar-refractivity contribution in [2.24, 2.45) is 5.73 Å². The lowest BCUT2D eigenvalue weighted by Gasteiger charge is -2.10. The minimum atomic E-state index is -0.525. The van der Waals surface area contributed by atoms with E-state index in [4.69, 9.17) is 10.5 Å². The van der Waals surface area contributed by atoms with Gasteiger partial charge in [-0.2, -0.15) is 0 Å². The summed E-state index contributed by atoms with van der Waals surface area (Å²) in [6.45, 7) is 4.31. The highest BCUT2D eigenvalue weighted by Crippen LogP contribution is 2.22. The quantitative estimate of drug-likeness (QED) is 0.772. The second-order valence-corrected chi connectivity index (χ2v) is 5.01. The lowest BCUT2D eigenvalue weighted by atomic mass is 10.1. The number of halogens is 1. The fourth-order valence-corrected chi connectivity index (χ4v) is 2.03. The average molecular weight is 329 g/mol. The third-order valence-electron chi connectivity index (χ3n) is 2.42. The molecule has 0 aliphatic rings. The standard InChI is InChI=1S/C13H17BrN2O3/c1-8-5-9(2)12(14)10(6-8)13(18)16-3-4-19-7-11(15)17/h5-6H,3-4,7H2,1-2H3,(H2,15,17)(H,16,18). The van der Waals surface area contributed by atoms with Crippen molar-refractivity contribution in [1.82, 2.24) is 5.32 Å². The number of hydrogen-bond donors (Lipinski definition) is 2. The molecular weight excluding hydrogens is 312 g/mol. The van der Waals surface area contributed by atoms with Gasteiger partial charge in [-0.1, -0.05) is 6.07 Å². The molecule has 2 amide bonds. The van der Waals surface area contributed by atoms with Gasteiger partial charge in [0.15, 0.2) is 0 Å². The lowest BCUT2D eigenvalue weighted by Crippen LogP contribution is -2.29. The summed E-state index contributed by atoms with van der Waals surface area (Å²) >= 11 is 3.40. The minimum absolute atomic E-state index is 0.136. The van der Waals surface area contributed by atoms with E-state index in [-0.39, 0.29) is 19.1 Å². The first kappa shape index (κ1) is 15.7. The number of aryl methyl sites for hydroxylation is 2. The van der Waals surface area contributed by atoms with Crippen molar-refractivity contribution in [3.05, 3.63) is 33.3 Å². The van der Waals surface area contributed by atoms with Crippen LogP contribution in [-0.4, -0.2) is 31.6 Å². The van der Waals surface area contributed by atoms with Crippen molar-refractivity contribution >= 4 is 27.7 Å². The molecule has 0 saturated heterocycles. The summed E-state index contributed by atoms with van der Waals surface area (Å²) < 4.78 is 5.74. The van der Waals surface area contributed by atoms with Crippen LogP contribution >= 0.6 is 15.9 Å². The van der Waals surface area contributed by atoms with Crippen molar-refractivity contribution in [3.8, 4) is 0 Å². The van der Waals surface area contributed by atoms with Crippen LogP contribution in [0.25, 0.3) is 0 Å². The first-order chi connectivity index (χ1) is 8.91. The number of benzene rings is 1. The summed E-state index contributed by atoms with van der Waals surface area (Å²) in [4.78, 5) is 22.4. The Morgan fingerprint density at radius 2 is 2.05 bits per heavy atom. The van der Waals surface area contributed by atoms with E-state index in [9.17, 15) is 9.59 Å². The summed E-state index contributed by atoms with van der Waals surface area (Å²) in [5.74, 6) is -0.704. The maximum absolute atomic E-state index is 12.0. The summed E-state index contributed by atoms with van der Waals surface area (Å²) in [6.07, 6.45) is 0. The normalized spacial score (nSPS) is 10.3. The molecule has 0 aromatic heterocycles. The zero-order chi connectivity index (χ0) is 14.4. The van der Waals surface area contributed by atoms with E-state index in [2.05, 4.69) is 21.2 Å². The number of carbonyl (C=O) groups excluding carboxylic acids is 2. The maximum atomic E-state index is 12.0. The second-order valence-electron chi connectivity index (χ2n) is 4.22. The van der Waals surface area contributed by atoms with Gasteiger partial charge >= 0.3 is 0 Å². The molecule has 0 saturated carbocycles. The Morgan fingerprint density at radius 3 is 2.68 bits per heavy atom. The molecular formula is C13H17BrN2O3. The van der Waals surface area contributed by atoms with Gasteiger partial charge in [-0.25, -0.2) is 0 Å². The van der Waals surface area contributed by atoms with Gasteiger partial charge in [0.05, 0.1) is 12.2 Å². The lowest BCUT2D eigenvalue weighted by molar-refractivity contribution is -0.122. The third-order valence-corrected chi connectivity index (χ3v) is 3.47. The van der Waals surface area contributed by atoms with Crippen molar-refractivity contribution in [2.75, 3.05) is 19.8 Å². The van der Waals surface area contributed by atoms with Gasteiger partial charge in [-0.05, 0) is 47.0 Å². The molecule has 0 unspecified atom stereocenters. The molecule has 0 heterocycles. The van der Waals surface area contributed by atoms with Gasteiger partial charge in [0.25, 0.3) is 5.91 Å². The Kier molecular flexibility index (Phi) is 5.98. The van der Waals surface area contributed by atoms with Crippen molar-refractivity contribution in [3.63, 3.8) is 0 Å². The highest BCUT2D eigenvalue weighted by atomic mass is 79.9. The number of ether oxygens (including phenoxy) is 1. The Labute approximate surface area is 120 Å². The smallest absolute Gasteiger partial charge is 0.252 e. The molecule has 0 radical (unpaired) electrons. The van der Waals surface area contributed by atoms with E-state index in [0.717, 1.165) is 15.6 Å². The van der Waals surface area contributed by atoms with Gasteiger partial charge in [0, 0.05) is 11.0 Å². The van der Waals surface area contributed by atoms with Crippen LogP contribution in [-0.2, 0) is 9.53 Å². The molecule has 0 atom stereocenters. The summed E-state index contributed by atoms with van der Waals surface area (Å²) in [6, 6.07) is 3.81. The van der Waals surface area contributed by atoms with Crippen molar-refractivity contribution in [2.45, 2.75) is 13.8 Å². The highest BCUT2D eigenvalue weighted by Gasteiger charge is 2.11. The molecule has 0 aliphatic carbocycles. The number of nitrogens with one attached hydrogen (secondary N) is 1. The van der Waals surface area contributed by atoms with Gasteiger partial charge in [-0.3, -0.25) is 9.59 Å². The van der Waals surface area contributed by atoms with Crippen LogP contribution in [0.3, 0.4) is 0 Å². The number of carbonyl (C=O) groups is 2. The number of hydrogen-bond acceptors (Lipinski definition) is 3. The molecule has 1 rings (SSSR count). The molecule has 0 aliphatic heterocycles. The molecule has 0 fully saturated rings. The Bertz CT molecular complexity index is 489. The van der Waals surface area contributed by atoms with Gasteiger partial charge < -0.3 is 15.8 Å². The molecule has 6 heteroatoms. The van der Waals surface area contributed by atoms with Crippen LogP contribution in [0.15, 0.2) is 16.6 Å². The topological polar surface area (TPSA) is 81.4 Å². The molecule has 104 valence electrons. The van der Waals surface area contributed by atoms with Gasteiger partial charge in [0.2, 0.25) is 5.91 Å². The minimum Gasteiger partial charge on any atom is -0.370 e. The van der Waals surface area contributed by atoms with Crippen LogP contribution < -0.4 is 11.1 Å². The molecule has 0 spiro atoms. The van der Waals surface area contributed by atoms with Crippen molar-refractivity contribution < 1.29 is 14.3 Å². The highest BCUT2D eigenvalue weighted by molar-refractivity contribution is 9.10. The van der Waals surface area contributed by atoms with E-state index in [1.165, 1.54) is 0 Å². The average Bonchev–Trinajstić information content (AvgIpc) is 2.32. The Morgan fingerprint density at radius 1 is 1.37 bits per heavy atom. The number of primary amides is 1. The summed E-state index contributed by atoms with van der Waals surface area (Å²) in [5, 5.41) is 2.72. The van der Waals surface area contributed by atoms with Crippen LogP contribution in [0.5, 0.6) is 0 Å². The maximum Gasteiger partial charge on any atom is 0.252 e. The van der Waals surface area contributed by atoms with Crippen LogP contribution in [0.1, 0.15) is 21.5 Å². The third kappa shape index (κ3) is 5.00. The summed E-state index contributed by atoms with van der Waals surface area (Å²) in [7, 11) is 0. The van der Waals surface area contributed by atoms with Crippen LogP contribution in [0.4, 0.5) is 0 Å². The van der Waals surface area contributed by atoms with Crippen LogP contribution in [0.2, 0.25) is 0 Å². The Balaban J connectivity index is 2.52. The number of amides is 2.